The van der Waals surface area contributed by atoms with Crippen molar-refractivity contribution in [2.24, 2.45) is 0 Å². The Labute approximate surface area is 415 Å². The smallest absolute Gasteiger partial charge is 0.545 e. The van der Waals surface area contributed by atoms with E-state index in [0.29, 0.717) is 0 Å². The molecule has 0 amide bonds. The van der Waals surface area contributed by atoms with E-state index in [4.69, 9.17) is 9.47 Å². The SMILES string of the molecule is C1CCOC1.C1CCOC1.Cc1cc(C)c(-c2cccc(-c3c(C)cc(C)cc3C)c2C(=O)[O-])c(C)c1.Cc1cc(C)c(-c2cccc(-c3c(C)cc(C)cc3C)c2C(=O)[O-])c(C)c1.[Cu+].[Cu+]. The number of ether oxygens (including phenoxy) is 2. The van der Waals surface area contributed by atoms with Gasteiger partial charge in [-0.2, -0.15) is 0 Å². The second kappa shape index (κ2) is 25.4. The number of hydrogen-bond acceptors (Lipinski definition) is 6. The minimum absolute atomic E-state index is 0. The summed E-state index contributed by atoms with van der Waals surface area (Å²) in [5.74, 6) is -2.28. The molecule has 6 aromatic rings. The molecule has 0 radical (unpaired) electrons. The van der Waals surface area contributed by atoms with Crippen LogP contribution in [0, 0.1) is 83.1 Å². The van der Waals surface area contributed by atoms with Crippen LogP contribution in [0.5, 0.6) is 0 Å². The summed E-state index contributed by atoms with van der Waals surface area (Å²) in [6, 6.07) is 28.2. The first-order valence-corrected chi connectivity index (χ1v) is 22.6. The van der Waals surface area contributed by atoms with Gasteiger partial charge in [0, 0.05) is 37.6 Å². The van der Waals surface area contributed by atoms with Crippen LogP contribution in [0.1, 0.15) is 113 Å². The Balaban J connectivity index is 0.000000281. The van der Waals surface area contributed by atoms with Crippen LogP contribution in [0.15, 0.2) is 84.9 Å². The van der Waals surface area contributed by atoms with Gasteiger partial charge in [-0.15, -0.1) is 0 Å². The standard InChI is InChI=1S/2C25H26O2.2C4H8O.2Cu/c2*1-14-10-16(3)22(17(4)11-14)20-8-7-9-21(24(20)25(26)27)23-18(5)12-15(2)13-19(23)6;2*1-2-4-5-3-1;;/h2*7-13H,1-6H3,(H,26,27);2*1-4H2;;/q;;;;2*+1/p-2. The van der Waals surface area contributed by atoms with Crippen molar-refractivity contribution in [3.05, 3.63) is 163 Å². The molecule has 0 bridgehead atoms. The van der Waals surface area contributed by atoms with Crippen molar-refractivity contribution in [2.45, 2.75) is 109 Å². The largest absolute Gasteiger partial charge is 1.00 e. The molecule has 0 unspecified atom stereocenters. The van der Waals surface area contributed by atoms with Crippen molar-refractivity contribution in [1.82, 2.24) is 0 Å². The zero-order valence-electron chi connectivity index (χ0n) is 40.8. The maximum atomic E-state index is 12.3. The van der Waals surface area contributed by atoms with Crippen LogP contribution >= 0.6 is 0 Å². The fourth-order valence-corrected chi connectivity index (χ4v) is 9.82. The number of rotatable bonds is 6. The number of aromatic carboxylic acids is 2. The van der Waals surface area contributed by atoms with Gasteiger partial charge in [0.1, 0.15) is 0 Å². The van der Waals surface area contributed by atoms with Crippen molar-refractivity contribution >= 4 is 11.9 Å². The molecule has 0 aliphatic carbocycles. The van der Waals surface area contributed by atoms with Crippen LogP contribution in [0.3, 0.4) is 0 Å². The Morgan fingerprint density at radius 1 is 0.364 bits per heavy atom. The van der Waals surface area contributed by atoms with Gasteiger partial charge in [-0.3, -0.25) is 0 Å². The van der Waals surface area contributed by atoms with E-state index in [9.17, 15) is 19.8 Å². The molecule has 0 spiro atoms. The second-order valence-corrected chi connectivity index (χ2v) is 17.8. The predicted octanol–water partition coefficient (Wildman–Crippen LogP) is 12.1. The third-order valence-electron chi connectivity index (χ3n) is 12.0. The fraction of sp³-hybridized carbons (Fsp3) is 0.345. The molecule has 0 saturated carbocycles. The molecule has 8 rings (SSSR count). The first-order chi connectivity index (χ1) is 30.4. The molecule has 0 aromatic heterocycles. The minimum Gasteiger partial charge on any atom is -0.545 e. The van der Waals surface area contributed by atoms with Gasteiger partial charge in [0.25, 0.3) is 0 Å². The van der Waals surface area contributed by atoms with Crippen LogP contribution in [-0.2, 0) is 43.6 Å². The van der Waals surface area contributed by atoms with Gasteiger partial charge < -0.3 is 29.3 Å². The number of carboxylic acid groups (broad SMARTS) is 2. The monoisotopic (exact) mass is 984 g/mol. The second-order valence-electron chi connectivity index (χ2n) is 17.8. The number of carbonyl (C=O) groups is 2. The summed E-state index contributed by atoms with van der Waals surface area (Å²) in [4.78, 5) is 24.5. The molecule has 0 atom stereocenters. The van der Waals surface area contributed by atoms with Gasteiger partial charge in [0.2, 0.25) is 0 Å². The van der Waals surface area contributed by atoms with E-state index in [-0.39, 0.29) is 45.3 Å². The molecule has 2 heterocycles. The van der Waals surface area contributed by atoms with E-state index in [2.05, 4.69) is 76.2 Å². The molecular weight excluding hydrogens is 920 g/mol. The zero-order chi connectivity index (χ0) is 46.8. The molecule has 6 aromatic carbocycles. The number of carboxylic acids is 2. The zero-order valence-corrected chi connectivity index (χ0v) is 42.7. The average molecular weight is 986 g/mol. The van der Waals surface area contributed by atoms with E-state index in [0.717, 1.165) is 115 Å². The fourth-order valence-electron chi connectivity index (χ4n) is 9.82. The van der Waals surface area contributed by atoms with Crippen LogP contribution < -0.4 is 10.2 Å². The Bertz CT molecular complexity index is 2210. The van der Waals surface area contributed by atoms with Crippen LogP contribution in [0.4, 0.5) is 0 Å². The van der Waals surface area contributed by atoms with Crippen LogP contribution in [0.25, 0.3) is 44.5 Å². The molecule has 356 valence electrons. The first-order valence-electron chi connectivity index (χ1n) is 22.6. The molecule has 66 heavy (non-hydrogen) atoms. The summed E-state index contributed by atoms with van der Waals surface area (Å²) in [6.07, 6.45) is 5.11. The summed E-state index contributed by atoms with van der Waals surface area (Å²) in [5, 5.41) is 24.5. The summed E-state index contributed by atoms with van der Waals surface area (Å²) < 4.78 is 9.89. The Morgan fingerprint density at radius 3 is 0.682 bits per heavy atom. The van der Waals surface area contributed by atoms with E-state index in [1.165, 1.54) is 47.9 Å². The van der Waals surface area contributed by atoms with Crippen molar-refractivity contribution in [2.75, 3.05) is 26.4 Å². The number of hydrogen-bond donors (Lipinski definition) is 0. The maximum Gasteiger partial charge on any atom is 1.00 e. The van der Waals surface area contributed by atoms with Gasteiger partial charge in [-0.1, -0.05) is 107 Å². The molecule has 6 nitrogen and oxygen atoms in total. The molecule has 2 saturated heterocycles. The van der Waals surface area contributed by atoms with Crippen molar-refractivity contribution < 1.29 is 63.4 Å². The van der Waals surface area contributed by atoms with Gasteiger partial charge in [0.05, 0.1) is 11.9 Å². The normalized spacial score (nSPS) is 12.5. The summed E-state index contributed by atoms with van der Waals surface area (Å²) in [5.41, 5.74) is 20.6. The molecule has 2 aliphatic heterocycles. The number of benzene rings is 6. The molecule has 2 fully saturated rings. The minimum atomic E-state index is -1.14. The van der Waals surface area contributed by atoms with Gasteiger partial charge >= 0.3 is 34.1 Å². The van der Waals surface area contributed by atoms with E-state index < -0.39 is 11.9 Å². The van der Waals surface area contributed by atoms with Gasteiger partial charge in [-0.05, 0) is 198 Å². The Hall–Kier alpha value is -4.78. The average Bonchev–Trinajstić information content (AvgIpc) is 3.98. The van der Waals surface area contributed by atoms with E-state index in [1.54, 1.807) is 0 Å². The third kappa shape index (κ3) is 13.7. The summed E-state index contributed by atoms with van der Waals surface area (Å²) in [6.45, 7) is 28.5. The first kappa shape index (κ1) is 55.5. The Kier molecular flexibility index (Phi) is 21.4. The van der Waals surface area contributed by atoms with Gasteiger partial charge in [0.15, 0.2) is 0 Å². The van der Waals surface area contributed by atoms with Crippen molar-refractivity contribution in [3.8, 4) is 44.5 Å². The van der Waals surface area contributed by atoms with Crippen molar-refractivity contribution in [1.29, 1.82) is 0 Å². The summed E-state index contributed by atoms with van der Waals surface area (Å²) in [7, 11) is 0. The van der Waals surface area contributed by atoms with E-state index >= 15 is 0 Å². The molecular formula is C58H66Cu2O6. The Morgan fingerprint density at radius 2 is 0.545 bits per heavy atom. The van der Waals surface area contributed by atoms with Gasteiger partial charge in [-0.25, -0.2) is 0 Å². The molecule has 0 N–H and O–H groups in total. The summed E-state index contributed by atoms with van der Waals surface area (Å²) >= 11 is 0. The van der Waals surface area contributed by atoms with Crippen LogP contribution in [0.2, 0.25) is 0 Å². The molecule has 8 heteroatoms. The van der Waals surface area contributed by atoms with Crippen LogP contribution in [-0.4, -0.2) is 38.4 Å². The maximum absolute atomic E-state index is 12.3. The quantitative estimate of drug-likeness (QED) is 0.154. The number of carbonyl (C=O) groups excluding carboxylic acids is 2. The van der Waals surface area contributed by atoms with Crippen molar-refractivity contribution in [3.63, 3.8) is 0 Å². The van der Waals surface area contributed by atoms with E-state index in [1.807, 2.05) is 91.8 Å². The predicted molar refractivity (Wildman–Crippen MR) is 260 cm³/mol. The topological polar surface area (TPSA) is 98.7 Å². The third-order valence-corrected chi connectivity index (χ3v) is 12.0. The molecule has 2 aliphatic rings. The number of aryl methyl sites for hydroxylation is 12.